The highest BCUT2D eigenvalue weighted by Crippen LogP contribution is 2.23. The summed E-state index contributed by atoms with van der Waals surface area (Å²) < 4.78 is 1.51. The Bertz CT molecular complexity index is 687. The highest BCUT2D eigenvalue weighted by atomic mass is 32.1. The van der Waals surface area contributed by atoms with Gasteiger partial charge in [0, 0.05) is 19.7 Å². The van der Waals surface area contributed by atoms with Gasteiger partial charge in [0.05, 0.1) is 4.88 Å². The third-order valence-corrected chi connectivity index (χ3v) is 4.99. The van der Waals surface area contributed by atoms with Crippen molar-refractivity contribution in [3.05, 3.63) is 34.2 Å². The SMILES string of the molecule is Cn1nc(C(=O)NCC2CCCC2)cc1NC(=O)c1cccs1. The van der Waals surface area contributed by atoms with Crippen molar-refractivity contribution in [2.45, 2.75) is 25.7 Å². The lowest BCUT2D eigenvalue weighted by atomic mass is 10.1. The first kappa shape index (κ1) is 15.7. The van der Waals surface area contributed by atoms with Crippen LogP contribution in [0.25, 0.3) is 0 Å². The summed E-state index contributed by atoms with van der Waals surface area (Å²) in [6, 6.07) is 5.19. The van der Waals surface area contributed by atoms with Gasteiger partial charge in [-0.2, -0.15) is 5.10 Å². The molecule has 23 heavy (non-hydrogen) atoms. The maximum absolute atomic E-state index is 12.2. The molecule has 0 saturated heterocycles. The second-order valence-electron chi connectivity index (χ2n) is 5.83. The second-order valence-corrected chi connectivity index (χ2v) is 6.78. The summed E-state index contributed by atoms with van der Waals surface area (Å²) in [7, 11) is 1.71. The minimum absolute atomic E-state index is 0.191. The van der Waals surface area contributed by atoms with Gasteiger partial charge >= 0.3 is 0 Å². The monoisotopic (exact) mass is 332 g/mol. The summed E-state index contributed by atoms with van der Waals surface area (Å²) in [6.45, 7) is 0.701. The summed E-state index contributed by atoms with van der Waals surface area (Å²) in [5.41, 5.74) is 0.326. The molecule has 0 radical (unpaired) electrons. The highest BCUT2D eigenvalue weighted by Gasteiger charge is 2.19. The lowest BCUT2D eigenvalue weighted by molar-refractivity contribution is 0.0941. The van der Waals surface area contributed by atoms with E-state index < -0.39 is 0 Å². The fourth-order valence-corrected chi connectivity index (χ4v) is 3.44. The normalized spacial score (nSPS) is 14.8. The van der Waals surface area contributed by atoms with Gasteiger partial charge < -0.3 is 10.6 Å². The first-order valence-electron chi connectivity index (χ1n) is 7.80. The summed E-state index contributed by atoms with van der Waals surface area (Å²) in [5, 5.41) is 11.7. The molecule has 1 aliphatic carbocycles. The minimum Gasteiger partial charge on any atom is -0.350 e. The van der Waals surface area contributed by atoms with E-state index in [9.17, 15) is 9.59 Å². The van der Waals surface area contributed by atoms with Gasteiger partial charge in [0.1, 0.15) is 5.82 Å². The number of rotatable bonds is 5. The number of thiophene rings is 1. The van der Waals surface area contributed by atoms with Crippen LogP contribution in [0, 0.1) is 5.92 Å². The van der Waals surface area contributed by atoms with Crippen molar-refractivity contribution in [2.75, 3.05) is 11.9 Å². The zero-order valence-electron chi connectivity index (χ0n) is 13.0. The Hall–Kier alpha value is -2.15. The second kappa shape index (κ2) is 6.95. The fourth-order valence-electron chi connectivity index (χ4n) is 2.82. The molecule has 1 fully saturated rings. The molecule has 6 nitrogen and oxygen atoms in total. The van der Waals surface area contributed by atoms with Crippen molar-refractivity contribution >= 4 is 29.0 Å². The maximum atomic E-state index is 12.2. The first-order valence-corrected chi connectivity index (χ1v) is 8.68. The fraction of sp³-hybridized carbons (Fsp3) is 0.438. The number of anilines is 1. The lowest BCUT2D eigenvalue weighted by Crippen LogP contribution is -2.28. The number of hydrogen-bond donors (Lipinski definition) is 2. The lowest BCUT2D eigenvalue weighted by Gasteiger charge is -2.08. The van der Waals surface area contributed by atoms with Crippen LogP contribution in [-0.4, -0.2) is 28.1 Å². The van der Waals surface area contributed by atoms with Gasteiger partial charge in [0.2, 0.25) is 0 Å². The van der Waals surface area contributed by atoms with Gasteiger partial charge in [0.15, 0.2) is 5.69 Å². The van der Waals surface area contributed by atoms with Gasteiger partial charge in [-0.15, -0.1) is 11.3 Å². The maximum Gasteiger partial charge on any atom is 0.271 e. The molecule has 1 aliphatic rings. The average Bonchev–Trinajstić information content (AvgIpc) is 3.27. The molecule has 2 amide bonds. The highest BCUT2D eigenvalue weighted by molar-refractivity contribution is 7.12. The number of carbonyl (C=O) groups is 2. The molecule has 7 heteroatoms. The molecule has 0 aromatic carbocycles. The molecular formula is C16H20N4O2S. The number of carbonyl (C=O) groups excluding carboxylic acids is 2. The van der Waals surface area contributed by atoms with Crippen molar-refractivity contribution < 1.29 is 9.59 Å². The average molecular weight is 332 g/mol. The number of aromatic nitrogens is 2. The standard InChI is InChI=1S/C16H20N4O2S/c1-20-14(18-16(22)13-7-4-8-23-13)9-12(19-20)15(21)17-10-11-5-2-3-6-11/h4,7-9,11H,2-3,5-6,10H2,1H3,(H,17,21)(H,18,22). The zero-order valence-corrected chi connectivity index (χ0v) is 13.9. The van der Waals surface area contributed by atoms with E-state index in [1.54, 1.807) is 19.2 Å². The molecule has 1 saturated carbocycles. The van der Waals surface area contributed by atoms with Crippen LogP contribution >= 0.6 is 11.3 Å². The molecule has 2 N–H and O–H groups in total. The predicted octanol–water partition coefficient (Wildman–Crippen LogP) is 2.65. The molecule has 0 aliphatic heterocycles. The van der Waals surface area contributed by atoms with Gasteiger partial charge in [-0.05, 0) is 30.2 Å². The summed E-state index contributed by atoms with van der Waals surface area (Å²) in [4.78, 5) is 24.9. The van der Waals surface area contributed by atoms with E-state index in [4.69, 9.17) is 0 Å². The summed E-state index contributed by atoms with van der Waals surface area (Å²) >= 11 is 1.37. The number of aryl methyl sites for hydroxylation is 1. The molecule has 0 atom stereocenters. The van der Waals surface area contributed by atoms with Gasteiger partial charge in [-0.3, -0.25) is 14.3 Å². The van der Waals surface area contributed by atoms with E-state index in [1.165, 1.54) is 41.7 Å². The molecular weight excluding hydrogens is 312 g/mol. The van der Waals surface area contributed by atoms with E-state index in [2.05, 4.69) is 15.7 Å². The van der Waals surface area contributed by atoms with E-state index in [0.717, 1.165) is 0 Å². The van der Waals surface area contributed by atoms with Crippen molar-refractivity contribution in [1.82, 2.24) is 15.1 Å². The third kappa shape index (κ3) is 3.79. The van der Waals surface area contributed by atoms with Crippen molar-refractivity contribution in [1.29, 1.82) is 0 Å². The number of amides is 2. The Morgan fingerprint density at radius 1 is 1.35 bits per heavy atom. The van der Waals surface area contributed by atoms with Crippen LogP contribution in [-0.2, 0) is 7.05 Å². The van der Waals surface area contributed by atoms with Crippen LogP contribution in [0.4, 0.5) is 5.82 Å². The third-order valence-electron chi connectivity index (χ3n) is 4.13. The number of nitrogens with zero attached hydrogens (tertiary/aromatic N) is 2. The zero-order chi connectivity index (χ0) is 16.2. The molecule has 0 spiro atoms. The minimum atomic E-state index is -0.194. The Balaban J connectivity index is 1.60. The van der Waals surface area contributed by atoms with Gasteiger partial charge in [-0.25, -0.2) is 0 Å². The summed E-state index contributed by atoms with van der Waals surface area (Å²) in [5.74, 6) is 0.708. The summed E-state index contributed by atoms with van der Waals surface area (Å²) in [6.07, 6.45) is 4.88. The molecule has 2 aromatic heterocycles. The first-order chi connectivity index (χ1) is 11.1. The van der Waals surface area contributed by atoms with E-state index in [-0.39, 0.29) is 11.8 Å². The molecule has 3 rings (SSSR count). The molecule has 122 valence electrons. The van der Waals surface area contributed by atoms with E-state index in [0.29, 0.717) is 28.9 Å². The smallest absolute Gasteiger partial charge is 0.271 e. The van der Waals surface area contributed by atoms with Crippen LogP contribution in [0.15, 0.2) is 23.6 Å². The van der Waals surface area contributed by atoms with Gasteiger partial charge in [0.25, 0.3) is 11.8 Å². The largest absolute Gasteiger partial charge is 0.350 e. The molecule has 2 heterocycles. The van der Waals surface area contributed by atoms with Crippen LogP contribution in [0.5, 0.6) is 0 Å². The van der Waals surface area contributed by atoms with Crippen LogP contribution < -0.4 is 10.6 Å². The van der Waals surface area contributed by atoms with Crippen molar-refractivity contribution in [3.63, 3.8) is 0 Å². The predicted molar refractivity (Wildman–Crippen MR) is 89.8 cm³/mol. The van der Waals surface area contributed by atoms with Gasteiger partial charge in [-0.1, -0.05) is 18.9 Å². The molecule has 2 aromatic rings. The Morgan fingerprint density at radius 3 is 2.83 bits per heavy atom. The van der Waals surface area contributed by atoms with E-state index >= 15 is 0 Å². The number of nitrogens with one attached hydrogen (secondary N) is 2. The Morgan fingerprint density at radius 2 is 2.13 bits per heavy atom. The molecule has 0 bridgehead atoms. The van der Waals surface area contributed by atoms with Crippen LogP contribution in [0.1, 0.15) is 45.8 Å². The van der Waals surface area contributed by atoms with Crippen LogP contribution in [0.3, 0.4) is 0 Å². The quantitative estimate of drug-likeness (QED) is 0.884. The topological polar surface area (TPSA) is 76.0 Å². The Labute approximate surface area is 138 Å². The van der Waals surface area contributed by atoms with Crippen LogP contribution in [0.2, 0.25) is 0 Å². The Kier molecular flexibility index (Phi) is 4.76. The van der Waals surface area contributed by atoms with Crippen molar-refractivity contribution in [3.8, 4) is 0 Å². The van der Waals surface area contributed by atoms with E-state index in [1.807, 2.05) is 11.4 Å². The molecule has 0 unspecified atom stereocenters. The van der Waals surface area contributed by atoms with Crippen molar-refractivity contribution in [2.24, 2.45) is 13.0 Å². The number of hydrogen-bond acceptors (Lipinski definition) is 4.